The molecule has 1 aromatic carbocycles. The van der Waals surface area contributed by atoms with E-state index in [-0.39, 0.29) is 0 Å². The van der Waals surface area contributed by atoms with Crippen molar-refractivity contribution in [2.75, 3.05) is 13.1 Å². The summed E-state index contributed by atoms with van der Waals surface area (Å²) in [5.74, 6) is 0.512. The van der Waals surface area contributed by atoms with E-state index in [9.17, 15) is 0 Å². The number of rotatable bonds is 7. The molecule has 0 aliphatic carbocycles. The fourth-order valence-electron chi connectivity index (χ4n) is 2.16. The molecule has 2 nitrogen and oxygen atoms in total. The van der Waals surface area contributed by atoms with Crippen molar-refractivity contribution in [2.24, 2.45) is 0 Å². The Hall–Kier alpha value is -1.19. The van der Waals surface area contributed by atoms with Gasteiger partial charge in [-0.3, -0.25) is 0 Å². The molecular formula is C16H22N2S. The van der Waals surface area contributed by atoms with E-state index < -0.39 is 0 Å². The number of nitrogens with one attached hydrogen (secondary N) is 1. The Labute approximate surface area is 119 Å². The number of nitrogens with zero attached hydrogens (tertiary/aromatic N) is 1. The monoisotopic (exact) mass is 274 g/mol. The van der Waals surface area contributed by atoms with E-state index in [2.05, 4.69) is 53.8 Å². The van der Waals surface area contributed by atoms with Gasteiger partial charge in [-0.1, -0.05) is 36.8 Å². The highest BCUT2D eigenvalue weighted by atomic mass is 32.1. The standard InChI is InChI=1S/C16H22N2S/c1-3-8-17-12-15(11-16-18-9-10-19-16)14-6-4-13(2)5-7-14/h4-7,9-10,15,17H,3,8,11-12H2,1-2H3. The first kappa shape index (κ1) is 14.2. The Morgan fingerprint density at radius 1 is 1.26 bits per heavy atom. The van der Waals surface area contributed by atoms with Gasteiger partial charge in [-0.2, -0.15) is 0 Å². The van der Waals surface area contributed by atoms with Gasteiger partial charge < -0.3 is 5.32 Å². The molecule has 19 heavy (non-hydrogen) atoms. The van der Waals surface area contributed by atoms with Crippen molar-refractivity contribution in [1.29, 1.82) is 0 Å². The Kier molecular flexibility index (Phi) is 5.55. The third-order valence-corrected chi connectivity index (χ3v) is 4.07. The quantitative estimate of drug-likeness (QED) is 0.777. The highest BCUT2D eigenvalue weighted by molar-refractivity contribution is 7.09. The second-order valence-electron chi connectivity index (χ2n) is 4.94. The lowest BCUT2D eigenvalue weighted by atomic mass is 9.95. The van der Waals surface area contributed by atoms with E-state index in [4.69, 9.17) is 0 Å². The molecule has 0 aliphatic heterocycles. The van der Waals surface area contributed by atoms with Crippen LogP contribution in [0.4, 0.5) is 0 Å². The van der Waals surface area contributed by atoms with Crippen molar-refractivity contribution in [2.45, 2.75) is 32.6 Å². The summed E-state index contributed by atoms with van der Waals surface area (Å²) in [4.78, 5) is 4.42. The maximum Gasteiger partial charge on any atom is 0.0931 e. The molecule has 1 unspecified atom stereocenters. The molecule has 102 valence electrons. The van der Waals surface area contributed by atoms with Crippen LogP contribution in [0, 0.1) is 6.92 Å². The maximum absolute atomic E-state index is 4.42. The van der Waals surface area contributed by atoms with E-state index in [1.807, 2.05) is 6.20 Å². The van der Waals surface area contributed by atoms with Gasteiger partial charge in [-0.25, -0.2) is 4.98 Å². The molecule has 0 radical (unpaired) electrons. The summed E-state index contributed by atoms with van der Waals surface area (Å²) in [7, 11) is 0. The second-order valence-corrected chi connectivity index (χ2v) is 5.92. The van der Waals surface area contributed by atoms with Crippen molar-refractivity contribution in [3.63, 3.8) is 0 Å². The third-order valence-electron chi connectivity index (χ3n) is 3.27. The minimum absolute atomic E-state index is 0.512. The first-order valence-corrected chi connectivity index (χ1v) is 7.83. The van der Waals surface area contributed by atoms with Gasteiger partial charge in [0.25, 0.3) is 0 Å². The number of aryl methyl sites for hydroxylation is 1. The molecule has 0 saturated carbocycles. The Bertz CT molecular complexity index is 462. The van der Waals surface area contributed by atoms with Gasteiger partial charge in [-0.15, -0.1) is 11.3 Å². The van der Waals surface area contributed by atoms with Gasteiger partial charge >= 0.3 is 0 Å². The zero-order valence-electron chi connectivity index (χ0n) is 11.7. The van der Waals surface area contributed by atoms with Crippen LogP contribution < -0.4 is 5.32 Å². The summed E-state index contributed by atoms with van der Waals surface area (Å²) in [5.41, 5.74) is 2.72. The number of benzene rings is 1. The zero-order valence-corrected chi connectivity index (χ0v) is 12.5. The van der Waals surface area contributed by atoms with Crippen LogP contribution in [0.5, 0.6) is 0 Å². The van der Waals surface area contributed by atoms with Crippen LogP contribution in [0.15, 0.2) is 35.8 Å². The van der Waals surface area contributed by atoms with Gasteiger partial charge in [0.1, 0.15) is 0 Å². The molecule has 0 saturated heterocycles. The topological polar surface area (TPSA) is 24.9 Å². The third kappa shape index (κ3) is 4.44. The molecule has 2 aromatic rings. The number of hydrogen-bond donors (Lipinski definition) is 1. The number of aromatic nitrogens is 1. The van der Waals surface area contributed by atoms with Crippen molar-refractivity contribution >= 4 is 11.3 Å². The van der Waals surface area contributed by atoms with Crippen molar-refractivity contribution < 1.29 is 0 Å². The lowest BCUT2D eigenvalue weighted by Gasteiger charge is -2.17. The Morgan fingerprint density at radius 2 is 2.05 bits per heavy atom. The summed E-state index contributed by atoms with van der Waals surface area (Å²) in [6.45, 7) is 6.44. The van der Waals surface area contributed by atoms with Crippen molar-refractivity contribution in [1.82, 2.24) is 10.3 Å². The van der Waals surface area contributed by atoms with E-state index in [1.54, 1.807) is 11.3 Å². The normalized spacial score (nSPS) is 12.5. The average molecular weight is 274 g/mol. The molecular weight excluding hydrogens is 252 g/mol. The molecule has 1 N–H and O–H groups in total. The van der Waals surface area contributed by atoms with E-state index in [0.29, 0.717) is 5.92 Å². The fraction of sp³-hybridized carbons (Fsp3) is 0.438. The van der Waals surface area contributed by atoms with Crippen LogP contribution >= 0.6 is 11.3 Å². The molecule has 0 spiro atoms. The Balaban J connectivity index is 2.06. The molecule has 0 bridgehead atoms. The minimum Gasteiger partial charge on any atom is -0.316 e. The smallest absolute Gasteiger partial charge is 0.0931 e. The van der Waals surface area contributed by atoms with Crippen molar-refractivity contribution in [3.05, 3.63) is 52.0 Å². The van der Waals surface area contributed by atoms with Gasteiger partial charge in [0, 0.05) is 30.5 Å². The minimum atomic E-state index is 0.512. The summed E-state index contributed by atoms with van der Waals surface area (Å²) < 4.78 is 0. The predicted molar refractivity (Wildman–Crippen MR) is 82.9 cm³/mol. The fourth-order valence-corrected chi connectivity index (χ4v) is 2.86. The zero-order chi connectivity index (χ0) is 13.5. The molecule has 3 heteroatoms. The lowest BCUT2D eigenvalue weighted by Crippen LogP contribution is -2.23. The summed E-state index contributed by atoms with van der Waals surface area (Å²) in [6.07, 6.45) is 4.10. The SMILES string of the molecule is CCCNCC(Cc1nccs1)c1ccc(C)cc1. The highest BCUT2D eigenvalue weighted by Crippen LogP contribution is 2.22. The van der Waals surface area contributed by atoms with Crippen LogP contribution in [0.3, 0.4) is 0 Å². The van der Waals surface area contributed by atoms with E-state index in [1.165, 1.54) is 22.6 Å². The summed E-state index contributed by atoms with van der Waals surface area (Å²) >= 11 is 1.75. The first-order chi connectivity index (χ1) is 9.29. The lowest BCUT2D eigenvalue weighted by molar-refractivity contribution is 0.575. The molecule has 1 heterocycles. The van der Waals surface area contributed by atoms with Gasteiger partial charge in [0.2, 0.25) is 0 Å². The second kappa shape index (κ2) is 7.41. The summed E-state index contributed by atoms with van der Waals surface area (Å²) in [6, 6.07) is 8.90. The molecule has 1 atom stereocenters. The van der Waals surface area contributed by atoms with Crippen LogP contribution in [0.1, 0.15) is 35.4 Å². The van der Waals surface area contributed by atoms with Gasteiger partial charge in [0.05, 0.1) is 5.01 Å². The maximum atomic E-state index is 4.42. The average Bonchev–Trinajstić information content (AvgIpc) is 2.92. The predicted octanol–water partition coefficient (Wildman–Crippen LogP) is 3.78. The van der Waals surface area contributed by atoms with Gasteiger partial charge in [-0.05, 0) is 25.5 Å². The first-order valence-electron chi connectivity index (χ1n) is 6.95. The molecule has 0 aliphatic rings. The Morgan fingerprint density at radius 3 is 2.68 bits per heavy atom. The van der Waals surface area contributed by atoms with Crippen LogP contribution in [-0.4, -0.2) is 18.1 Å². The number of hydrogen-bond acceptors (Lipinski definition) is 3. The highest BCUT2D eigenvalue weighted by Gasteiger charge is 2.13. The summed E-state index contributed by atoms with van der Waals surface area (Å²) in [5, 5.41) is 6.82. The van der Waals surface area contributed by atoms with Crippen molar-refractivity contribution in [3.8, 4) is 0 Å². The van der Waals surface area contributed by atoms with Gasteiger partial charge in [0.15, 0.2) is 0 Å². The number of thiazole rings is 1. The molecule has 2 rings (SSSR count). The van der Waals surface area contributed by atoms with Crippen LogP contribution in [0.2, 0.25) is 0 Å². The largest absolute Gasteiger partial charge is 0.316 e. The molecule has 0 fully saturated rings. The van der Waals surface area contributed by atoms with Crippen LogP contribution in [0.25, 0.3) is 0 Å². The van der Waals surface area contributed by atoms with Crippen LogP contribution in [-0.2, 0) is 6.42 Å². The molecule has 1 aromatic heterocycles. The van der Waals surface area contributed by atoms with E-state index >= 15 is 0 Å². The molecule has 0 amide bonds. The van der Waals surface area contributed by atoms with E-state index in [0.717, 1.165) is 19.5 Å².